The maximum atomic E-state index is 13.6. The summed E-state index contributed by atoms with van der Waals surface area (Å²) < 4.78 is 31.7. The molecule has 0 saturated carbocycles. The summed E-state index contributed by atoms with van der Waals surface area (Å²) in [6.45, 7) is 0. The van der Waals surface area contributed by atoms with Crippen LogP contribution in [0.15, 0.2) is 36.4 Å². The van der Waals surface area contributed by atoms with E-state index in [2.05, 4.69) is 0 Å². The van der Waals surface area contributed by atoms with Crippen molar-refractivity contribution in [3.63, 3.8) is 0 Å². The van der Waals surface area contributed by atoms with Gasteiger partial charge in [-0.3, -0.25) is 0 Å². The summed E-state index contributed by atoms with van der Waals surface area (Å²) in [7, 11) is 1.39. The smallest absolute Gasteiger partial charge is 0.165 e. The van der Waals surface area contributed by atoms with Gasteiger partial charge in [0.25, 0.3) is 0 Å². The average molecular weight is 298 g/mol. The molecule has 20 heavy (non-hydrogen) atoms. The zero-order valence-corrected chi connectivity index (χ0v) is 11.6. The molecule has 0 heterocycles. The molecule has 0 bridgehead atoms. The maximum Gasteiger partial charge on any atom is 0.165 e. The number of ether oxygens (including phenoxy) is 1. The average Bonchev–Trinajstić information content (AvgIpc) is 2.42. The van der Waals surface area contributed by atoms with E-state index in [0.717, 1.165) is 0 Å². The van der Waals surface area contributed by atoms with Crippen molar-refractivity contribution in [1.29, 1.82) is 0 Å². The molecule has 2 nitrogen and oxygen atoms in total. The SMILES string of the molecule is COc1ccc(C(N)Cc2cc(F)ccc2Cl)cc1F. The monoisotopic (exact) mass is 297 g/mol. The molecule has 1 unspecified atom stereocenters. The van der Waals surface area contributed by atoms with Crippen LogP contribution in [0.1, 0.15) is 17.2 Å². The number of halogens is 3. The lowest BCUT2D eigenvalue weighted by atomic mass is 9.99. The van der Waals surface area contributed by atoms with Gasteiger partial charge in [-0.05, 0) is 47.9 Å². The fourth-order valence-electron chi connectivity index (χ4n) is 1.97. The Morgan fingerprint density at radius 3 is 2.60 bits per heavy atom. The Bertz CT molecular complexity index is 619. The number of benzene rings is 2. The van der Waals surface area contributed by atoms with E-state index in [4.69, 9.17) is 22.1 Å². The van der Waals surface area contributed by atoms with Crippen molar-refractivity contribution < 1.29 is 13.5 Å². The number of hydrogen-bond donors (Lipinski definition) is 1. The zero-order chi connectivity index (χ0) is 14.7. The van der Waals surface area contributed by atoms with Gasteiger partial charge in [-0.25, -0.2) is 8.78 Å². The van der Waals surface area contributed by atoms with Gasteiger partial charge in [0, 0.05) is 11.1 Å². The molecular formula is C15H14ClF2NO. The first-order valence-corrected chi connectivity index (χ1v) is 6.42. The maximum absolute atomic E-state index is 13.6. The van der Waals surface area contributed by atoms with Crippen LogP contribution in [0.5, 0.6) is 5.75 Å². The minimum Gasteiger partial charge on any atom is -0.494 e. The van der Waals surface area contributed by atoms with E-state index in [1.165, 1.54) is 37.4 Å². The summed E-state index contributed by atoms with van der Waals surface area (Å²) in [6.07, 6.45) is 0.322. The second kappa shape index (κ2) is 6.20. The first kappa shape index (κ1) is 14.8. The third kappa shape index (κ3) is 3.26. The molecule has 2 aromatic carbocycles. The van der Waals surface area contributed by atoms with Crippen LogP contribution in [-0.2, 0) is 6.42 Å². The number of hydrogen-bond acceptors (Lipinski definition) is 2. The highest BCUT2D eigenvalue weighted by Crippen LogP contribution is 2.25. The first-order chi connectivity index (χ1) is 9.51. The molecule has 0 aromatic heterocycles. The Morgan fingerprint density at radius 2 is 1.95 bits per heavy atom. The van der Waals surface area contributed by atoms with E-state index in [1.807, 2.05) is 0 Å². The van der Waals surface area contributed by atoms with Crippen molar-refractivity contribution in [2.75, 3.05) is 7.11 Å². The third-order valence-corrected chi connectivity index (χ3v) is 3.42. The predicted molar refractivity (Wildman–Crippen MR) is 75.0 cm³/mol. The Hall–Kier alpha value is -1.65. The van der Waals surface area contributed by atoms with Crippen LogP contribution in [0.25, 0.3) is 0 Å². The lowest BCUT2D eigenvalue weighted by Crippen LogP contribution is -2.14. The number of rotatable bonds is 4. The van der Waals surface area contributed by atoms with Crippen LogP contribution in [0.4, 0.5) is 8.78 Å². The minimum atomic E-state index is -0.481. The van der Waals surface area contributed by atoms with Crippen molar-refractivity contribution in [1.82, 2.24) is 0 Å². The molecule has 0 spiro atoms. The minimum absolute atomic E-state index is 0.157. The van der Waals surface area contributed by atoms with Gasteiger partial charge in [-0.1, -0.05) is 17.7 Å². The normalized spacial score (nSPS) is 12.2. The van der Waals surface area contributed by atoms with Crippen LogP contribution in [0.2, 0.25) is 5.02 Å². The van der Waals surface area contributed by atoms with Gasteiger partial charge in [0.1, 0.15) is 5.82 Å². The second-order valence-electron chi connectivity index (χ2n) is 4.44. The van der Waals surface area contributed by atoms with Gasteiger partial charge in [0.15, 0.2) is 11.6 Å². The van der Waals surface area contributed by atoms with Crippen LogP contribution < -0.4 is 10.5 Å². The summed E-state index contributed by atoms with van der Waals surface area (Å²) in [5.41, 5.74) is 7.21. The van der Waals surface area contributed by atoms with Crippen molar-refractivity contribution >= 4 is 11.6 Å². The molecular weight excluding hydrogens is 284 g/mol. The van der Waals surface area contributed by atoms with Gasteiger partial charge < -0.3 is 10.5 Å². The van der Waals surface area contributed by atoms with E-state index < -0.39 is 11.9 Å². The van der Waals surface area contributed by atoms with E-state index in [0.29, 0.717) is 22.6 Å². The van der Waals surface area contributed by atoms with E-state index in [-0.39, 0.29) is 11.6 Å². The molecule has 2 aromatic rings. The van der Waals surface area contributed by atoms with E-state index >= 15 is 0 Å². The molecule has 2 N–H and O–H groups in total. The Balaban J connectivity index is 2.21. The quantitative estimate of drug-likeness (QED) is 0.930. The Kier molecular flexibility index (Phi) is 4.57. The van der Waals surface area contributed by atoms with Gasteiger partial charge in [-0.15, -0.1) is 0 Å². The topological polar surface area (TPSA) is 35.2 Å². The molecule has 1 atom stereocenters. The molecule has 0 amide bonds. The molecule has 2 rings (SSSR count). The number of methoxy groups -OCH3 is 1. The van der Waals surface area contributed by atoms with Crippen molar-refractivity contribution in [3.05, 3.63) is 64.2 Å². The molecule has 0 radical (unpaired) electrons. The summed E-state index contributed by atoms with van der Waals surface area (Å²) in [5.74, 6) is -0.701. The van der Waals surface area contributed by atoms with Crippen molar-refractivity contribution in [3.8, 4) is 5.75 Å². The van der Waals surface area contributed by atoms with Crippen LogP contribution >= 0.6 is 11.6 Å². The summed E-state index contributed by atoms with van der Waals surface area (Å²) in [5, 5.41) is 0.441. The molecule has 0 aliphatic carbocycles. The van der Waals surface area contributed by atoms with E-state index in [1.54, 1.807) is 6.07 Å². The highest BCUT2D eigenvalue weighted by molar-refractivity contribution is 6.31. The Morgan fingerprint density at radius 1 is 1.20 bits per heavy atom. The molecule has 5 heteroatoms. The fourth-order valence-corrected chi connectivity index (χ4v) is 2.16. The molecule has 0 aliphatic rings. The van der Waals surface area contributed by atoms with Crippen molar-refractivity contribution in [2.24, 2.45) is 5.73 Å². The van der Waals surface area contributed by atoms with Crippen LogP contribution in [0, 0.1) is 11.6 Å². The molecule has 0 saturated heterocycles. The molecule has 0 fully saturated rings. The number of nitrogens with two attached hydrogens (primary N) is 1. The van der Waals surface area contributed by atoms with Gasteiger partial charge >= 0.3 is 0 Å². The molecule has 0 aliphatic heterocycles. The van der Waals surface area contributed by atoms with Gasteiger partial charge in [0.2, 0.25) is 0 Å². The van der Waals surface area contributed by atoms with Crippen molar-refractivity contribution in [2.45, 2.75) is 12.5 Å². The lowest BCUT2D eigenvalue weighted by Gasteiger charge is -2.14. The summed E-state index contributed by atoms with van der Waals surface area (Å²) in [6, 6.07) is 8.13. The predicted octanol–water partition coefficient (Wildman–Crippen LogP) is 3.87. The highest BCUT2D eigenvalue weighted by Gasteiger charge is 2.13. The molecule has 106 valence electrons. The lowest BCUT2D eigenvalue weighted by molar-refractivity contribution is 0.386. The van der Waals surface area contributed by atoms with Gasteiger partial charge in [0.05, 0.1) is 7.11 Å². The third-order valence-electron chi connectivity index (χ3n) is 3.05. The zero-order valence-electron chi connectivity index (χ0n) is 10.9. The first-order valence-electron chi connectivity index (χ1n) is 6.04. The van der Waals surface area contributed by atoms with Gasteiger partial charge in [-0.2, -0.15) is 0 Å². The standard InChI is InChI=1S/C15H14ClF2NO/c1-20-15-5-2-9(7-13(15)18)14(19)8-10-6-11(17)3-4-12(10)16/h2-7,14H,8,19H2,1H3. The largest absolute Gasteiger partial charge is 0.494 e. The summed E-state index contributed by atoms with van der Waals surface area (Å²) in [4.78, 5) is 0. The summed E-state index contributed by atoms with van der Waals surface area (Å²) >= 11 is 5.99. The fraction of sp³-hybridized carbons (Fsp3) is 0.200. The highest BCUT2D eigenvalue weighted by atomic mass is 35.5. The second-order valence-corrected chi connectivity index (χ2v) is 4.85. The van der Waals surface area contributed by atoms with E-state index in [9.17, 15) is 8.78 Å². The Labute approximate surface area is 121 Å². The van der Waals surface area contributed by atoms with Crippen LogP contribution in [-0.4, -0.2) is 7.11 Å². The van der Waals surface area contributed by atoms with Crippen LogP contribution in [0.3, 0.4) is 0 Å².